The van der Waals surface area contributed by atoms with Crippen LogP contribution in [0.25, 0.3) is 6.08 Å². The number of aryl methyl sites for hydroxylation is 1. The van der Waals surface area contributed by atoms with Crippen molar-refractivity contribution in [1.82, 2.24) is 0 Å². The average Bonchev–Trinajstić information content (AvgIpc) is 2.52. The molecule has 0 aromatic heterocycles. The molecule has 100 valence electrons. The molecule has 0 atom stereocenters. The molecule has 0 aliphatic carbocycles. The first-order chi connectivity index (χ1) is 9.79. The Balaban J connectivity index is 1.96. The van der Waals surface area contributed by atoms with Crippen LogP contribution >= 0.6 is 0 Å². The van der Waals surface area contributed by atoms with Crippen molar-refractivity contribution in [3.63, 3.8) is 0 Å². The van der Waals surface area contributed by atoms with E-state index in [0.29, 0.717) is 0 Å². The largest absolute Gasteiger partial charge is 0.289 e. The number of carbonyl (C=O) groups is 1. The third-order valence-electron chi connectivity index (χ3n) is 3.09. The number of carbonyl (C=O) groups excluding carboxylic acids is 1. The lowest BCUT2D eigenvalue weighted by Gasteiger charge is -1.98. The van der Waals surface area contributed by atoms with Crippen molar-refractivity contribution in [3.05, 3.63) is 89.5 Å². The maximum absolute atomic E-state index is 11.9. The van der Waals surface area contributed by atoms with Crippen LogP contribution < -0.4 is 0 Å². The van der Waals surface area contributed by atoms with Gasteiger partial charge in [-0.15, -0.1) is 0 Å². The highest BCUT2D eigenvalue weighted by atomic mass is 16.1. The second kappa shape index (κ2) is 7.25. The highest BCUT2D eigenvalue weighted by Crippen LogP contribution is 2.07. The van der Waals surface area contributed by atoms with Crippen molar-refractivity contribution >= 4 is 11.9 Å². The van der Waals surface area contributed by atoms with E-state index in [1.807, 2.05) is 66.7 Å². The van der Waals surface area contributed by atoms with Gasteiger partial charge in [-0.25, -0.2) is 0 Å². The third kappa shape index (κ3) is 4.06. The lowest BCUT2D eigenvalue weighted by atomic mass is 10.1. The van der Waals surface area contributed by atoms with Crippen molar-refractivity contribution in [3.8, 4) is 0 Å². The summed E-state index contributed by atoms with van der Waals surface area (Å²) in [6, 6.07) is 17.8. The summed E-state index contributed by atoms with van der Waals surface area (Å²) in [6.45, 7) is 2.10. The van der Waals surface area contributed by atoms with E-state index in [4.69, 9.17) is 0 Å². The first-order valence-corrected chi connectivity index (χ1v) is 6.82. The van der Waals surface area contributed by atoms with E-state index in [1.165, 1.54) is 5.56 Å². The molecule has 1 nitrogen and oxygen atoms in total. The number of rotatable bonds is 5. The predicted octanol–water partition coefficient (Wildman–Crippen LogP) is 4.70. The summed E-state index contributed by atoms with van der Waals surface area (Å²) < 4.78 is 0. The molecule has 0 aliphatic rings. The van der Waals surface area contributed by atoms with E-state index in [0.717, 1.165) is 17.5 Å². The van der Waals surface area contributed by atoms with Crippen LogP contribution in [0.4, 0.5) is 0 Å². The van der Waals surface area contributed by atoms with E-state index in [2.05, 4.69) is 6.92 Å². The molecule has 0 aliphatic heterocycles. The van der Waals surface area contributed by atoms with Gasteiger partial charge in [-0.1, -0.05) is 79.7 Å². The maximum atomic E-state index is 11.9. The Kier molecular flexibility index (Phi) is 5.08. The van der Waals surface area contributed by atoms with Gasteiger partial charge in [0.15, 0.2) is 5.78 Å². The lowest BCUT2D eigenvalue weighted by molar-refractivity contribution is 0.104. The average molecular weight is 262 g/mol. The van der Waals surface area contributed by atoms with E-state index in [1.54, 1.807) is 12.2 Å². The number of hydrogen-bond acceptors (Lipinski definition) is 1. The van der Waals surface area contributed by atoms with Gasteiger partial charge in [0, 0.05) is 5.56 Å². The van der Waals surface area contributed by atoms with Crippen LogP contribution in [0.2, 0.25) is 0 Å². The van der Waals surface area contributed by atoms with Gasteiger partial charge in [0.05, 0.1) is 0 Å². The van der Waals surface area contributed by atoms with Gasteiger partial charge < -0.3 is 0 Å². The van der Waals surface area contributed by atoms with Crippen LogP contribution in [-0.4, -0.2) is 5.78 Å². The second-order valence-corrected chi connectivity index (χ2v) is 4.54. The summed E-state index contributed by atoms with van der Waals surface area (Å²) >= 11 is 0. The van der Waals surface area contributed by atoms with E-state index in [-0.39, 0.29) is 5.78 Å². The summed E-state index contributed by atoms with van der Waals surface area (Å²) in [7, 11) is 0. The summed E-state index contributed by atoms with van der Waals surface area (Å²) in [5, 5.41) is 0. The molecule has 0 unspecified atom stereocenters. The van der Waals surface area contributed by atoms with E-state index in [9.17, 15) is 4.79 Å². The van der Waals surface area contributed by atoms with Crippen molar-refractivity contribution in [2.45, 2.75) is 13.3 Å². The molecule has 2 rings (SSSR count). The van der Waals surface area contributed by atoms with Gasteiger partial charge in [-0.2, -0.15) is 0 Å². The first kappa shape index (κ1) is 14.0. The molecule has 0 spiro atoms. The normalized spacial score (nSPS) is 11.2. The summed E-state index contributed by atoms with van der Waals surface area (Å²) in [4.78, 5) is 11.9. The monoisotopic (exact) mass is 262 g/mol. The predicted molar refractivity (Wildman–Crippen MR) is 84.8 cm³/mol. The topological polar surface area (TPSA) is 17.1 Å². The van der Waals surface area contributed by atoms with Crippen LogP contribution in [0.1, 0.15) is 28.4 Å². The maximum Gasteiger partial charge on any atom is 0.185 e. The molecule has 20 heavy (non-hydrogen) atoms. The van der Waals surface area contributed by atoms with Gasteiger partial charge in [0.25, 0.3) is 0 Å². The highest BCUT2D eigenvalue weighted by Gasteiger charge is 1.99. The van der Waals surface area contributed by atoms with Gasteiger partial charge in [-0.3, -0.25) is 4.79 Å². The minimum Gasteiger partial charge on any atom is -0.289 e. The van der Waals surface area contributed by atoms with Gasteiger partial charge in [0.1, 0.15) is 0 Å². The fourth-order valence-electron chi connectivity index (χ4n) is 1.87. The fraction of sp³-hybridized carbons (Fsp3) is 0.105. The van der Waals surface area contributed by atoms with Crippen LogP contribution in [0, 0.1) is 0 Å². The molecule has 0 N–H and O–H groups in total. The second-order valence-electron chi connectivity index (χ2n) is 4.54. The molecular weight excluding hydrogens is 244 g/mol. The molecule has 0 saturated heterocycles. The quantitative estimate of drug-likeness (QED) is 0.433. The minimum absolute atomic E-state index is 0.0327. The molecular formula is C19H18O. The number of hydrogen-bond donors (Lipinski definition) is 0. The summed E-state index contributed by atoms with van der Waals surface area (Å²) in [6.07, 6.45) is 8.23. The van der Waals surface area contributed by atoms with Crippen LogP contribution in [-0.2, 0) is 6.42 Å². The molecule has 2 aromatic carbocycles. The van der Waals surface area contributed by atoms with Crippen LogP contribution in [0.5, 0.6) is 0 Å². The Labute approximate surface area is 120 Å². The van der Waals surface area contributed by atoms with E-state index < -0.39 is 0 Å². The van der Waals surface area contributed by atoms with Crippen molar-refractivity contribution in [2.24, 2.45) is 0 Å². The molecule has 0 saturated carbocycles. The van der Waals surface area contributed by atoms with Gasteiger partial charge >= 0.3 is 0 Å². The zero-order valence-electron chi connectivity index (χ0n) is 11.6. The SMILES string of the molecule is CCc1ccc(C(=O)/C=C/C=C/c2ccccc2)cc1. The Morgan fingerprint density at radius 2 is 1.65 bits per heavy atom. The number of ketones is 1. The smallest absolute Gasteiger partial charge is 0.185 e. The van der Waals surface area contributed by atoms with Crippen molar-refractivity contribution < 1.29 is 4.79 Å². The van der Waals surface area contributed by atoms with Gasteiger partial charge in [-0.05, 0) is 23.6 Å². The first-order valence-electron chi connectivity index (χ1n) is 6.82. The van der Waals surface area contributed by atoms with Crippen LogP contribution in [0.3, 0.4) is 0 Å². The van der Waals surface area contributed by atoms with Crippen molar-refractivity contribution in [2.75, 3.05) is 0 Å². The molecule has 0 fully saturated rings. The molecule has 1 heteroatoms. The number of allylic oxidation sites excluding steroid dienone is 3. The third-order valence-corrected chi connectivity index (χ3v) is 3.09. The van der Waals surface area contributed by atoms with E-state index >= 15 is 0 Å². The van der Waals surface area contributed by atoms with Crippen molar-refractivity contribution in [1.29, 1.82) is 0 Å². The molecule has 2 aromatic rings. The standard InChI is InChI=1S/C19H18O/c1-2-16-12-14-18(15-13-16)19(20)11-7-6-10-17-8-4-3-5-9-17/h3-15H,2H2,1H3/b10-6+,11-7+. The number of benzene rings is 2. The highest BCUT2D eigenvalue weighted by molar-refractivity contribution is 6.04. The van der Waals surface area contributed by atoms with Gasteiger partial charge in [0.2, 0.25) is 0 Å². The Bertz CT molecular complexity index is 604. The molecule has 0 radical (unpaired) electrons. The Morgan fingerprint density at radius 1 is 0.950 bits per heavy atom. The Morgan fingerprint density at radius 3 is 2.30 bits per heavy atom. The molecule has 0 heterocycles. The fourth-order valence-corrected chi connectivity index (χ4v) is 1.87. The zero-order chi connectivity index (χ0) is 14.2. The lowest BCUT2D eigenvalue weighted by Crippen LogP contribution is -1.94. The van der Waals surface area contributed by atoms with Crippen LogP contribution in [0.15, 0.2) is 72.8 Å². The summed E-state index contributed by atoms with van der Waals surface area (Å²) in [5.74, 6) is 0.0327. The zero-order valence-corrected chi connectivity index (χ0v) is 11.6. The summed E-state index contributed by atoms with van der Waals surface area (Å²) in [5.41, 5.74) is 3.10. The molecule has 0 bridgehead atoms. The molecule has 0 amide bonds. The minimum atomic E-state index is 0.0327. The Hall–Kier alpha value is -2.41.